The fourth-order valence-corrected chi connectivity index (χ4v) is 2.32. The van der Waals surface area contributed by atoms with Crippen molar-refractivity contribution in [3.05, 3.63) is 42.2 Å². The molecule has 1 fully saturated rings. The summed E-state index contributed by atoms with van der Waals surface area (Å²) in [5.41, 5.74) is 3.65. The van der Waals surface area contributed by atoms with Gasteiger partial charge in [-0.1, -0.05) is 29.8 Å². The molecular formula is C15H18N2O. The Morgan fingerprint density at radius 1 is 1.17 bits per heavy atom. The Morgan fingerprint density at radius 3 is 2.72 bits per heavy atom. The molecule has 0 bridgehead atoms. The van der Waals surface area contributed by atoms with E-state index in [1.54, 1.807) is 0 Å². The minimum atomic E-state index is 0.123. The second-order valence-corrected chi connectivity index (χ2v) is 4.90. The van der Waals surface area contributed by atoms with Crippen molar-refractivity contribution in [3.63, 3.8) is 0 Å². The normalized spacial score (nSPS) is 19.9. The van der Waals surface area contributed by atoms with Crippen molar-refractivity contribution < 1.29 is 4.74 Å². The number of benzene rings is 1. The predicted molar refractivity (Wildman–Crippen MR) is 71.2 cm³/mol. The van der Waals surface area contributed by atoms with Gasteiger partial charge in [-0.05, 0) is 31.7 Å². The molecule has 0 unspecified atom stereocenters. The van der Waals surface area contributed by atoms with E-state index in [0.717, 1.165) is 18.6 Å². The quantitative estimate of drug-likeness (QED) is 0.805. The fourth-order valence-electron chi connectivity index (χ4n) is 2.32. The lowest BCUT2D eigenvalue weighted by molar-refractivity contribution is -0.0394. The topological polar surface area (TPSA) is 27.1 Å². The number of hydrogen-bond donors (Lipinski definition) is 0. The Balaban J connectivity index is 1.82. The summed E-state index contributed by atoms with van der Waals surface area (Å²) in [5.74, 6) is 0. The molecule has 0 N–H and O–H groups in total. The molecule has 18 heavy (non-hydrogen) atoms. The zero-order valence-electron chi connectivity index (χ0n) is 10.7. The molecule has 2 heterocycles. The molecular weight excluding hydrogens is 224 g/mol. The van der Waals surface area contributed by atoms with Crippen LogP contribution in [0.3, 0.4) is 0 Å². The highest BCUT2D eigenvalue weighted by atomic mass is 16.5. The molecule has 1 aromatic carbocycles. The Kier molecular flexibility index (Phi) is 3.15. The van der Waals surface area contributed by atoms with Crippen LogP contribution in [0.4, 0.5) is 0 Å². The van der Waals surface area contributed by atoms with E-state index in [2.05, 4.69) is 42.5 Å². The highest BCUT2D eigenvalue weighted by molar-refractivity contribution is 5.61. The van der Waals surface area contributed by atoms with Crippen molar-refractivity contribution in [2.24, 2.45) is 0 Å². The molecule has 1 aromatic heterocycles. The standard InChI is InChI=1S/C15H18N2O/c1-12-5-7-13(8-6-12)14-10-16-17(11-14)15-4-2-3-9-18-15/h5-8,10-11,15H,2-4,9H2,1H3/t15-/m1/s1. The molecule has 0 aliphatic carbocycles. The van der Waals surface area contributed by atoms with Crippen LogP contribution in [0.2, 0.25) is 0 Å². The molecule has 2 aromatic rings. The summed E-state index contributed by atoms with van der Waals surface area (Å²) >= 11 is 0. The SMILES string of the molecule is Cc1ccc(-c2cnn([C@H]3CCCCO3)c2)cc1. The summed E-state index contributed by atoms with van der Waals surface area (Å²) in [5, 5.41) is 4.43. The van der Waals surface area contributed by atoms with E-state index in [4.69, 9.17) is 4.74 Å². The zero-order valence-corrected chi connectivity index (χ0v) is 10.7. The maximum absolute atomic E-state index is 5.73. The van der Waals surface area contributed by atoms with Gasteiger partial charge < -0.3 is 4.74 Å². The monoisotopic (exact) mass is 242 g/mol. The smallest absolute Gasteiger partial charge is 0.150 e. The van der Waals surface area contributed by atoms with Crippen LogP contribution in [0.1, 0.15) is 31.1 Å². The second-order valence-electron chi connectivity index (χ2n) is 4.90. The summed E-state index contributed by atoms with van der Waals surface area (Å²) in [6, 6.07) is 8.53. The van der Waals surface area contributed by atoms with Crippen molar-refractivity contribution in [1.29, 1.82) is 0 Å². The van der Waals surface area contributed by atoms with Crippen molar-refractivity contribution >= 4 is 0 Å². The minimum absolute atomic E-state index is 0.123. The summed E-state index contributed by atoms with van der Waals surface area (Å²) in [7, 11) is 0. The maximum atomic E-state index is 5.73. The molecule has 94 valence electrons. The number of rotatable bonds is 2. The first-order valence-electron chi connectivity index (χ1n) is 6.56. The van der Waals surface area contributed by atoms with Crippen molar-refractivity contribution in [1.82, 2.24) is 9.78 Å². The van der Waals surface area contributed by atoms with Crippen LogP contribution in [0.15, 0.2) is 36.7 Å². The van der Waals surface area contributed by atoms with Gasteiger partial charge >= 0.3 is 0 Å². The van der Waals surface area contributed by atoms with Crippen LogP contribution in [0.5, 0.6) is 0 Å². The lowest BCUT2D eigenvalue weighted by atomic mass is 10.1. The number of nitrogens with zero attached hydrogens (tertiary/aromatic N) is 2. The van der Waals surface area contributed by atoms with E-state index in [-0.39, 0.29) is 6.23 Å². The third kappa shape index (κ3) is 2.31. The Labute approximate surface area is 107 Å². The molecule has 1 atom stereocenters. The van der Waals surface area contributed by atoms with Crippen LogP contribution in [0.25, 0.3) is 11.1 Å². The van der Waals surface area contributed by atoms with Crippen LogP contribution in [0, 0.1) is 6.92 Å². The minimum Gasteiger partial charge on any atom is -0.357 e. The number of aryl methyl sites for hydroxylation is 1. The highest BCUT2D eigenvalue weighted by Crippen LogP contribution is 2.25. The van der Waals surface area contributed by atoms with Gasteiger partial charge in [0.1, 0.15) is 6.23 Å². The van der Waals surface area contributed by atoms with E-state index in [9.17, 15) is 0 Å². The third-order valence-corrected chi connectivity index (χ3v) is 3.44. The van der Waals surface area contributed by atoms with Gasteiger partial charge in [0, 0.05) is 18.4 Å². The Bertz CT molecular complexity index is 510. The summed E-state index contributed by atoms with van der Waals surface area (Å²) < 4.78 is 7.69. The number of ether oxygens (including phenoxy) is 1. The molecule has 1 saturated heterocycles. The van der Waals surface area contributed by atoms with Gasteiger partial charge in [-0.15, -0.1) is 0 Å². The van der Waals surface area contributed by atoms with Crippen LogP contribution < -0.4 is 0 Å². The first-order chi connectivity index (χ1) is 8.83. The van der Waals surface area contributed by atoms with Gasteiger partial charge in [-0.25, -0.2) is 4.68 Å². The molecule has 3 nitrogen and oxygen atoms in total. The first-order valence-corrected chi connectivity index (χ1v) is 6.56. The summed E-state index contributed by atoms with van der Waals surface area (Å²) in [6.07, 6.45) is 7.59. The molecule has 1 aliphatic rings. The van der Waals surface area contributed by atoms with E-state index in [1.165, 1.54) is 24.0 Å². The fraction of sp³-hybridized carbons (Fsp3) is 0.400. The lowest BCUT2D eigenvalue weighted by Crippen LogP contribution is -2.18. The lowest BCUT2D eigenvalue weighted by Gasteiger charge is -2.22. The second kappa shape index (κ2) is 4.94. The first kappa shape index (κ1) is 11.5. The summed E-state index contributed by atoms with van der Waals surface area (Å²) in [6.45, 7) is 2.95. The molecule has 0 amide bonds. The number of aromatic nitrogens is 2. The van der Waals surface area contributed by atoms with Crippen LogP contribution in [-0.2, 0) is 4.74 Å². The predicted octanol–water partition coefficient (Wildman–Crippen LogP) is 3.56. The average molecular weight is 242 g/mol. The van der Waals surface area contributed by atoms with Crippen molar-refractivity contribution in [2.75, 3.05) is 6.61 Å². The molecule has 0 radical (unpaired) electrons. The van der Waals surface area contributed by atoms with Gasteiger partial charge in [-0.2, -0.15) is 5.10 Å². The molecule has 0 saturated carbocycles. The maximum Gasteiger partial charge on any atom is 0.150 e. The van der Waals surface area contributed by atoms with E-state index >= 15 is 0 Å². The van der Waals surface area contributed by atoms with Crippen molar-refractivity contribution in [3.8, 4) is 11.1 Å². The molecule has 3 heteroatoms. The van der Waals surface area contributed by atoms with E-state index < -0.39 is 0 Å². The molecule has 3 rings (SSSR count). The Morgan fingerprint density at radius 2 is 2.00 bits per heavy atom. The summed E-state index contributed by atoms with van der Waals surface area (Å²) in [4.78, 5) is 0. The van der Waals surface area contributed by atoms with Crippen LogP contribution in [-0.4, -0.2) is 16.4 Å². The van der Waals surface area contributed by atoms with E-state index in [0.29, 0.717) is 0 Å². The Hall–Kier alpha value is -1.61. The van der Waals surface area contributed by atoms with Crippen LogP contribution >= 0.6 is 0 Å². The largest absolute Gasteiger partial charge is 0.357 e. The van der Waals surface area contributed by atoms with Gasteiger partial charge in [0.15, 0.2) is 0 Å². The number of hydrogen-bond acceptors (Lipinski definition) is 2. The van der Waals surface area contributed by atoms with Gasteiger partial charge in [0.2, 0.25) is 0 Å². The highest BCUT2D eigenvalue weighted by Gasteiger charge is 2.16. The average Bonchev–Trinajstić information content (AvgIpc) is 2.90. The van der Waals surface area contributed by atoms with E-state index in [1.807, 2.05) is 10.9 Å². The van der Waals surface area contributed by atoms with Crippen molar-refractivity contribution in [2.45, 2.75) is 32.4 Å². The van der Waals surface area contributed by atoms with Gasteiger partial charge in [0.25, 0.3) is 0 Å². The zero-order chi connectivity index (χ0) is 12.4. The van der Waals surface area contributed by atoms with Gasteiger partial charge in [-0.3, -0.25) is 0 Å². The third-order valence-electron chi connectivity index (χ3n) is 3.44. The molecule has 0 spiro atoms. The molecule has 1 aliphatic heterocycles. The van der Waals surface area contributed by atoms with Gasteiger partial charge in [0.05, 0.1) is 6.20 Å².